The second-order valence-corrected chi connectivity index (χ2v) is 5.88. The Balaban J connectivity index is 1.67. The zero-order chi connectivity index (χ0) is 15.5. The quantitative estimate of drug-likeness (QED) is 0.798. The molecule has 1 aliphatic rings. The predicted octanol–water partition coefficient (Wildman–Crippen LogP) is 1.25. The van der Waals surface area contributed by atoms with E-state index in [0.717, 1.165) is 5.56 Å². The van der Waals surface area contributed by atoms with Crippen LogP contribution in [0.4, 0.5) is 0 Å². The van der Waals surface area contributed by atoms with E-state index < -0.39 is 18.3 Å². The van der Waals surface area contributed by atoms with Crippen molar-refractivity contribution >= 4 is 0 Å². The van der Waals surface area contributed by atoms with Crippen molar-refractivity contribution in [3.05, 3.63) is 60.2 Å². The number of aliphatic hydroxyl groups excluding tert-OH is 3. The molecular formula is C18H21NO3. The van der Waals surface area contributed by atoms with Gasteiger partial charge in [-0.15, -0.1) is 0 Å². The molecule has 0 bridgehead atoms. The SMILES string of the molecule is OC1CN(Cc2ccc(-c3ccccc3)cc2)CC(O)C1O. The molecular weight excluding hydrogens is 278 g/mol. The molecule has 3 rings (SSSR count). The van der Waals surface area contributed by atoms with E-state index in [0.29, 0.717) is 19.6 Å². The van der Waals surface area contributed by atoms with Crippen molar-refractivity contribution in [3.63, 3.8) is 0 Å². The molecule has 22 heavy (non-hydrogen) atoms. The lowest BCUT2D eigenvalue weighted by Crippen LogP contribution is -2.54. The van der Waals surface area contributed by atoms with Gasteiger partial charge in [-0.3, -0.25) is 4.90 Å². The van der Waals surface area contributed by atoms with Gasteiger partial charge in [-0.2, -0.15) is 0 Å². The fraction of sp³-hybridized carbons (Fsp3) is 0.333. The van der Waals surface area contributed by atoms with Gasteiger partial charge in [0, 0.05) is 19.6 Å². The van der Waals surface area contributed by atoms with E-state index in [1.165, 1.54) is 11.1 Å². The molecule has 116 valence electrons. The summed E-state index contributed by atoms with van der Waals surface area (Å²) >= 11 is 0. The van der Waals surface area contributed by atoms with Gasteiger partial charge in [-0.05, 0) is 16.7 Å². The summed E-state index contributed by atoms with van der Waals surface area (Å²) in [6.45, 7) is 1.40. The first-order chi connectivity index (χ1) is 10.6. The number of rotatable bonds is 3. The highest BCUT2D eigenvalue weighted by molar-refractivity contribution is 5.63. The summed E-state index contributed by atoms with van der Waals surface area (Å²) in [5.74, 6) is 0. The highest BCUT2D eigenvalue weighted by Gasteiger charge is 2.33. The van der Waals surface area contributed by atoms with E-state index in [1.54, 1.807) is 0 Å². The van der Waals surface area contributed by atoms with E-state index in [-0.39, 0.29) is 0 Å². The molecule has 1 fully saturated rings. The third-order valence-corrected chi connectivity index (χ3v) is 4.15. The first-order valence-electron chi connectivity index (χ1n) is 7.54. The van der Waals surface area contributed by atoms with Crippen LogP contribution in [-0.4, -0.2) is 51.6 Å². The van der Waals surface area contributed by atoms with E-state index in [9.17, 15) is 15.3 Å². The third-order valence-electron chi connectivity index (χ3n) is 4.15. The molecule has 0 spiro atoms. The number of benzene rings is 2. The van der Waals surface area contributed by atoms with Gasteiger partial charge in [0.1, 0.15) is 6.10 Å². The van der Waals surface area contributed by atoms with Crippen molar-refractivity contribution in [1.82, 2.24) is 4.90 Å². The lowest BCUT2D eigenvalue weighted by atomic mass is 10.0. The first kappa shape index (κ1) is 15.2. The highest BCUT2D eigenvalue weighted by atomic mass is 16.4. The van der Waals surface area contributed by atoms with E-state index in [4.69, 9.17) is 0 Å². The summed E-state index contributed by atoms with van der Waals surface area (Å²) in [6, 6.07) is 18.5. The Morgan fingerprint density at radius 1 is 0.773 bits per heavy atom. The molecule has 0 saturated carbocycles. The molecule has 0 aliphatic carbocycles. The van der Waals surface area contributed by atoms with Crippen molar-refractivity contribution in [2.45, 2.75) is 24.9 Å². The molecule has 0 amide bonds. The smallest absolute Gasteiger partial charge is 0.108 e. The average Bonchev–Trinajstić information content (AvgIpc) is 2.54. The van der Waals surface area contributed by atoms with E-state index in [2.05, 4.69) is 36.4 Å². The number of aliphatic hydroxyl groups is 3. The van der Waals surface area contributed by atoms with Crippen LogP contribution in [0.5, 0.6) is 0 Å². The maximum absolute atomic E-state index is 9.74. The molecule has 3 N–H and O–H groups in total. The van der Waals surface area contributed by atoms with Crippen LogP contribution in [0.15, 0.2) is 54.6 Å². The Hall–Kier alpha value is -1.72. The van der Waals surface area contributed by atoms with Gasteiger partial charge in [-0.25, -0.2) is 0 Å². The van der Waals surface area contributed by atoms with Crippen LogP contribution < -0.4 is 0 Å². The Morgan fingerprint density at radius 3 is 1.91 bits per heavy atom. The maximum Gasteiger partial charge on any atom is 0.108 e. The van der Waals surface area contributed by atoms with Gasteiger partial charge in [0.05, 0.1) is 12.2 Å². The van der Waals surface area contributed by atoms with Crippen LogP contribution in [0.2, 0.25) is 0 Å². The van der Waals surface area contributed by atoms with Crippen molar-refractivity contribution < 1.29 is 15.3 Å². The van der Waals surface area contributed by atoms with Crippen LogP contribution in [0.25, 0.3) is 11.1 Å². The van der Waals surface area contributed by atoms with Crippen LogP contribution in [-0.2, 0) is 6.54 Å². The minimum absolute atomic E-state index is 0.374. The lowest BCUT2D eigenvalue weighted by Gasteiger charge is -2.36. The van der Waals surface area contributed by atoms with Crippen molar-refractivity contribution in [3.8, 4) is 11.1 Å². The topological polar surface area (TPSA) is 63.9 Å². The molecule has 1 heterocycles. The van der Waals surface area contributed by atoms with Gasteiger partial charge in [0.15, 0.2) is 0 Å². The summed E-state index contributed by atoms with van der Waals surface area (Å²) in [4.78, 5) is 1.96. The standard InChI is InChI=1S/C18H21NO3/c20-16-11-19(12-17(21)18(16)22)10-13-6-8-15(9-7-13)14-4-2-1-3-5-14/h1-9,16-18,20-22H,10-12H2. The molecule has 4 nitrogen and oxygen atoms in total. The summed E-state index contributed by atoms with van der Waals surface area (Å²) in [7, 11) is 0. The monoisotopic (exact) mass is 299 g/mol. The fourth-order valence-corrected chi connectivity index (χ4v) is 2.90. The maximum atomic E-state index is 9.74. The molecule has 1 aliphatic heterocycles. The van der Waals surface area contributed by atoms with Crippen LogP contribution in [0.3, 0.4) is 0 Å². The molecule has 0 radical (unpaired) electrons. The molecule has 2 aromatic rings. The number of hydrogen-bond donors (Lipinski definition) is 3. The van der Waals surface area contributed by atoms with Crippen LogP contribution in [0, 0.1) is 0 Å². The number of likely N-dealkylation sites (tertiary alicyclic amines) is 1. The lowest BCUT2D eigenvalue weighted by molar-refractivity contribution is -0.111. The average molecular weight is 299 g/mol. The number of piperidine rings is 1. The molecule has 2 aromatic carbocycles. The Bertz CT molecular complexity index is 587. The minimum atomic E-state index is -1.04. The summed E-state index contributed by atoms with van der Waals surface area (Å²) in [5, 5.41) is 29.0. The zero-order valence-electron chi connectivity index (χ0n) is 12.3. The minimum Gasteiger partial charge on any atom is -0.389 e. The first-order valence-corrected chi connectivity index (χ1v) is 7.54. The number of hydrogen-bond acceptors (Lipinski definition) is 4. The Kier molecular flexibility index (Phi) is 4.55. The number of nitrogens with zero attached hydrogens (tertiary/aromatic N) is 1. The second-order valence-electron chi connectivity index (χ2n) is 5.88. The zero-order valence-corrected chi connectivity index (χ0v) is 12.3. The Morgan fingerprint density at radius 2 is 1.32 bits per heavy atom. The number of β-amino-alcohol motifs (C(OH)–C–C–N with tert-alkyl or cyclic N) is 2. The van der Waals surface area contributed by atoms with Gasteiger partial charge >= 0.3 is 0 Å². The van der Waals surface area contributed by atoms with Gasteiger partial charge in [-0.1, -0.05) is 54.6 Å². The molecule has 1 saturated heterocycles. The Labute approximate surface area is 130 Å². The second kappa shape index (κ2) is 6.58. The molecule has 0 aromatic heterocycles. The van der Waals surface area contributed by atoms with Crippen molar-refractivity contribution in [1.29, 1.82) is 0 Å². The van der Waals surface area contributed by atoms with Gasteiger partial charge < -0.3 is 15.3 Å². The van der Waals surface area contributed by atoms with Gasteiger partial charge in [0.2, 0.25) is 0 Å². The van der Waals surface area contributed by atoms with Crippen molar-refractivity contribution in [2.24, 2.45) is 0 Å². The normalized spacial score (nSPS) is 26.0. The molecule has 4 heteroatoms. The summed E-state index contributed by atoms with van der Waals surface area (Å²) in [6.07, 6.45) is -2.84. The van der Waals surface area contributed by atoms with Crippen molar-refractivity contribution in [2.75, 3.05) is 13.1 Å². The van der Waals surface area contributed by atoms with Crippen LogP contribution in [0.1, 0.15) is 5.56 Å². The summed E-state index contributed by atoms with van der Waals surface area (Å²) in [5.41, 5.74) is 3.47. The predicted molar refractivity (Wildman–Crippen MR) is 85.2 cm³/mol. The fourth-order valence-electron chi connectivity index (χ4n) is 2.90. The van der Waals surface area contributed by atoms with Crippen LogP contribution >= 0.6 is 0 Å². The largest absolute Gasteiger partial charge is 0.389 e. The molecule has 2 atom stereocenters. The third kappa shape index (κ3) is 3.36. The molecule has 2 unspecified atom stereocenters. The van der Waals surface area contributed by atoms with E-state index in [1.807, 2.05) is 23.1 Å². The summed E-state index contributed by atoms with van der Waals surface area (Å²) < 4.78 is 0. The van der Waals surface area contributed by atoms with E-state index >= 15 is 0 Å². The van der Waals surface area contributed by atoms with Gasteiger partial charge in [0.25, 0.3) is 0 Å². The highest BCUT2D eigenvalue weighted by Crippen LogP contribution is 2.21.